The lowest BCUT2D eigenvalue weighted by atomic mass is 9.74. The summed E-state index contributed by atoms with van der Waals surface area (Å²) in [5.74, 6) is -1.27. The van der Waals surface area contributed by atoms with Crippen molar-refractivity contribution < 1.29 is 19.8 Å². The van der Waals surface area contributed by atoms with Gasteiger partial charge in [0.25, 0.3) is 0 Å². The normalized spacial score (nSPS) is 58.4. The van der Waals surface area contributed by atoms with Crippen LogP contribution >= 0.6 is 0 Å². The Morgan fingerprint density at radius 2 is 1.94 bits per heavy atom. The van der Waals surface area contributed by atoms with Gasteiger partial charge in [0, 0.05) is 5.41 Å². The van der Waals surface area contributed by atoms with Crippen LogP contribution in [-0.4, -0.2) is 22.2 Å². The van der Waals surface area contributed by atoms with Crippen molar-refractivity contribution in [1.29, 1.82) is 0 Å². The van der Waals surface area contributed by atoms with Crippen molar-refractivity contribution in [2.45, 2.75) is 19.8 Å². The number of carboxylic acid groups (broad SMARTS) is 2. The Hall–Kier alpha value is -1.32. The monoisotopic (exact) mass is 248 g/mol. The van der Waals surface area contributed by atoms with E-state index in [2.05, 4.69) is 12.2 Å². The molecule has 7 atom stereocenters. The first kappa shape index (κ1) is 10.6. The minimum Gasteiger partial charge on any atom is -0.481 e. The Morgan fingerprint density at radius 1 is 1.22 bits per heavy atom. The van der Waals surface area contributed by atoms with Gasteiger partial charge in [0.1, 0.15) is 0 Å². The van der Waals surface area contributed by atoms with E-state index in [1.54, 1.807) is 0 Å². The molecule has 2 bridgehead atoms. The van der Waals surface area contributed by atoms with Crippen LogP contribution in [0.5, 0.6) is 0 Å². The van der Waals surface area contributed by atoms with Gasteiger partial charge in [-0.1, -0.05) is 19.1 Å². The van der Waals surface area contributed by atoms with Crippen LogP contribution < -0.4 is 0 Å². The summed E-state index contributed by atoms with van der Waals surface area (Å²) in [5.41, 5.74) is -0.544. The van der Waals surface area contributed by atoms with Gasteiger partial charge in [-0.2, -0.15) is 0 Å². The average Bonchev–Trinajstić information content (AvgIpc) is 3.10. The molecular formula is C14H16O4. The fourth-order valence-electron chi connectivity index (χ4n) is 5.58. The molecule has 0 aromatic heterocycles. The predicted octanol–water partition coefficient (Wildman–Crippen LogP) is 1.62. The molecule has 96 valence electrons. The Morgan fingerprint density at radius 3 is 2.50 bits per heavy atom. The molecule has 4 nitrogen and oxygen atoms in total. The van der Waals surface area contributed by atoms with Gasteiger partial charge in [-0.3, -0.25) is 9.59 Å². The van der Waals surface area contributed by atoms with Gasteiger partial charge in [-0.25, -0.2) is 0 Å². The summed E-state index contributed by atoms with van der Waals surface area (Å²) in [6.45, 7) is 2.00. The molecule has 0 aromatic rings. The minimum absolute atomic E-state index is 0.194. The fourth-order valence-corrected chi connectivity index (χ4v) is 5.58. The summed E-state index contributed by atoms with van der Waals surface area (Å²) >= 11 is 0. The first-order chi connectivity index (χ1) is 8.44. The molecule has 3 saturated carbocycles. The van der Waals surface area contributed by atoms with Crippen molar-refractivity contribution in [3.63, 3.8) is 0 Å². The van der Waals surface area contributed by atoms with Gasteiger partial charge in [0.05, 0.1) is 11.8 Å². The minimum atomic E-state index is -0.756. The van der Waals surface area contributed by atoms with Crippen molar-refractivity contribution in [2.24, 2.45) is 40.4 Å². The highest BCUT2D eigenvalue weighted by molar-refractivity contribution is 5.81. The Bertz CT molecular complexity index is 510. The molecular weight excluding hydrogens is 232 g/mol. The van der Waals surface area contributed by atoms with Crippen LogP contribution in [0.1, 0.15) is 19.8 Å². The third kappa shape index (κ3) is 0.826. The summed E-state index contributed by atoms with van der Waals surface area (Å²) in [6.07, 6.45) is 5.99. The van der Waals surface area contributed by atoms with Gasteiger partial charge in [-0.15, -0.1) is 0 Å². The molecule has 0 spiro atoms. The largest absolute Gasteiger partial charge is 0.481 e. The van der Waals surface area contributed by atoms with E-state index in [0.29, 0.717) is 18.3 Å². The van der Waals surface area contributed by atoms with Gasteiger partial charge in [-0.05, 0) is 36.0 Å². The van der Waals surface area contributed by atoms with E-state index in [9.17, 15) is 19.8 Å². The molecule has 4 aliphatic rings. The standard InChI is InChI=1S/C14H16O4/c1-13(5-8(13)11(15)16)14-7-3-2-6(4-7)9(14)10(14)12(17)18/h2-3,6-10H,4-5H2,1H3,(H,15,16)(H,17,18). The predicted molar refractivity (Wildman–Crippen MR) is 61.6 cm³/mol. The summed E-state index contributed by atoms with van der Waals surface area (Å²) in [4.78, 5) is 22.7. The van der Waals surface area contributed by atoms with Crippen LogP contribution in [0, 0.1) is 40.4 Å². The van der Waals surface area contributed by atoms with E-state index in [-0.39, 0.29) is 28.6 Å². The number of aliphatic carboxylic acids is 2. The van der Waals surface area contributed by atoms with E-state index in [1.165, 1.54) is 0 Å². The van der Waals surface area contributed by atoms with E-state index < -0.39 is 11.9 Å². The van der Waals surface area contributed by atoms with Crippen LogP contribution in [0.2, 0.25) is 0 Å². The highest BCUT2D eigenvalue weighted by Gasteiger charge is 2.88. The highest BCUT2D eigenvalue weighted by Crippen LogP contribution is 2.88. The van der Waals surface area contributed by atoms with Crippen LogP contribution in [0.15, 0.2) is 12.2 Å². The third-order valence-electron chi connectivity index (χ3n) is 6.30. The van der Waals surface area contributed by atoms with Crippen LogP contribution in [0.3, 0.4) is 0 Å². The average molecular weight is 248 g/mol. The lowest BCUT2D eigenvalue weighted by Crippen LogP contribution is -2.29. The fraction of sp³-hybridized carbons (Fsp3) is 0.714. The van der Waals surface area contributed by atoms with Crippen LogP contribution in [-0.2, 0) is 9.59 Å². The number of carbonyl (C=O) groups is 2. The maximum atomic E-state index is 11.5. The summed E-state index contributed by atoms with van der Waals surface area (Å²) in [5, 5.41) is 18.6. The molecule has 0 radical (unpaired) electrons. The zero-order valence-corrected chi connectivity index (χ0v) is 10.2. The van der Waals surface area contributed by atoms with Gasteiger partial charge >= 0.3 is 11.9 Å². The van der Waals surface area contributed by atoms with E-state index in [0.717, 1.165) is 6.42 Å². The smallest absolute Gasteiger partial charge is 0.307 e. The number of fused-ring (bicyclic) bond motifs is 5. The maximum Gasteiger partial charge on any atom is 0.307 e. The Labute approximate surface area is 105 Å². The van der Waals surface area contributed by atoms with Crippen molar-refractivity contribution in [1.82, 2.24) is 0 Å². The summed E-state index contributed by atoms with van der Waals surface area (Å²) < 4.78 is 0. The van der Waals surface area contributed by atoms with Gasteiger partial charge < -0.3 is 10.2 Å². The van der Waals surface area contributed by atoms with Crippen molar-refractivity contribution >= 4 is 11.9 Å². The number of hydrogen-bond donors (Lipinski definition) is 2. The quantitative estimate of drug-likeness (QED) is 0.744. The highest BCUT2D eigenvalue weighted by atomic mass is 16.4. The Kier molecular flexibility index (Phi) is 1.56. The van der Waals surface area contributed by atoms with Crippen molar-refractivity contribution in [3.05, 3.63) is 12.2 Å². The molecule has 4 aliphatic carbocycles. The van der Waals surface area contributed by atoms with Crippen LogP contribution in [0.4, 0.5) is 0 Å². The third-order valence-corrected chi connectivity index (χ3v) is 6.30. The van der Waals surface area contributed by atoms with E-state index in [4.69, 9.17) is 0 Å². The molecule has 7 unspecified atom stereocenters. The molecule has 0 heterocycles. The SMILES string of the molecule is CC1(C23C4C=CC(C4)C2C3C(=O)O)CC1C(=O)O. The number of allylic oxidation sites excluding steroid dienone is 2. The number of carboxylic acids is 2. The molecule has 4 rings (SSSR count). The molecule has 3 fully saturated rings. The lowest BCUT2D eigenvalue weighted by molar-refractivity contribution is -0.143. The van der Waals surface area contributed by atoms with Crippen molar-refractivity contribution in [3.8, 4) is 0 Å². The second kappa shape index (κ2) is 2.65. The van der Waals surface area contributed by atoms with E-state index in [1.807, 2.05) is 6.92 Å². The topological polar surface area (TPSA) is 74.6 Å². The summed E-state index contributed by atoms with van der Waals surface area (Å²) in [6, 6.07) is 0. The molecule has 0 saturated heterocycles. The summed E-state index contributed by atoms with van der Waals surface area (Å²) in [7, 11) is 0. The van der Waals surface area contributed by atoms with Gasteiger partial charge in [0.15, 0.2) is 0 Å². The first-order valence-corrected chi connectivity index (χ1v) is 6.58. The maximum absolute atomic E-state index is 11.5. The lowest BCUT2D eigenvalue weighted by Gasteiger charge is -2.29. The zero-order chi connectivity index (χ0) is 12.9. The molecule has 0 amide bonds. The first-order valence-electron chi connectivity index (χ1n) is 6.58. The van der Waals surface area contributed by atoms with Crippen molar-refractivity contribution in [2.75, 3.05) is 0 Å². The van der Waals surface area contributed by atoms with Crippen LogP contribution in [0.25, 0.3) is 0 Å². The Balaban J connectivity index is 1.77. The molecule has 0 aliphatic heterocycles. The second-order valence-electron chi connectivity index (χ2n) is 6.68. The number of rotatable bonds is 3. The molecule has 18 heavy (non-hydrogen) atoms. The van der Waals surface area contributed by atoms with E-state index >= 15 is 0 Å². The van der Waals surface area contributed by atoms with Gasteiger partial charge in [0.2, 0.25) is 0 Å². The zero-order valence-electron chi connectivity index (χ0n) is 10.2. The molecule has 0 aromatic carbocycles. The molecule has 2 N–H and O–H groups in total. The number of hydrogen-bond acceptors (Lipinski definition) is 2. The second-order valence-corrected chi connectivity index (χ2v) is 6.68. The molecule has 4 heteroatoms.